The van der Waals surface area contributed by atoms with Crippen LogP contribution in [0.5, 0.6) is 5.75 Å². The summed E-state index contributed by atoms with van der Waals surface area (Å²) in [5.41, 5.74) is 0.862. The van der Waals surface area contributed by atoms with Crippen molar-refractivity contribution < 1.29 is 9.90 Å². The van der Waals surface area contributed by atoms with E-state index < -0.39 is 0 Å². The van der Waals surface area contributed by atoms with Crippen molar-refractivity contribution in [2.45, 2.75) is 56.7 Å². The van der Waals surface area contributed by atoms with E-state index in [0.717, 1.165) is 18.4 Å². The number of nitrogens with one attached hydrogen (secondary N) is 1. The van der Waals surface area contributed by atoms with Gasteiger partial charge in [0.25, 0.3) is 0 Å². The Morgan fingerprint density at radius 3 is 2.71 bits per heavy atom. The molecule has 0 aliphatic carbocycles. The number of carbonyl (C=O) groups excluding carboxylic acids is 1. The van der Waals surface area contributed by atoms with Crippen LogP contribution in [0.25, 0.3) is 0 Å². The third-order valence-electron chi connectivity index (χ3n) is 4.98. The maximum Gasteiger partial charge on any atom is 0.224 e. The number of nitrogens with zero attached hydrogens (tertiary/aromatic N) is 1. The van der Waals surface area contributed by atoms with Gasteiger partial charge in [-0.15, -0.1) is 0 Å². The van der Waals surface area contributed by atoms with Gasteiger partial charge in [0, 0.05) is 18.1 Å². The number of rotatable bonds is 3. The van der Waals surface area contributed by atoms with Crippen LogP contribution in [0.4, 0.5) is 0 Å². The van der Waals surface area contributed by atoms with Crippen molar-refractivity contribution in [1.29, 1.82) is 0 Å². The van der Waals surface area contributed by atoms with Gasteiger partial charge in [-0.05, 0) is 50.4 Å². The van der Waals surface area contributed by atoms with Crippen molar-refractivity contribution in [2.75, 3.05) is 7.05 Å². The molecule has 0 saturated carbocycles. The molecule has 1 aromatic rings. The lowest BCUT2D eigenvalue weighted by Crippen LogP contribution is -2.55. The van der Waals surface area contributed by atoms with Gasteiger partial charge in [-0.25, -0.2) is 0 Å². The van der Waals surface area contributed by atoms with Gasteiger partial charge in [-0.1, -0.05) is 18.6 Å². The fourth-order valence-corrected chi connectivity index (χ4v) is 3.86. The fourth-order valence-electron chi connectivity index (χ4n) is 3.86. The first-order chi connectivity index (χ1) is 10.1. The molecule has 4 heteroatoms. The fraction of sp³-hybridized carbons (Fsp3) is 0.588. The zero-order valence-electron chi connectivity index (χ0n) is 12.6. The summed E-state index contributed by atoms with van der Waals surface area (Å²) in [5.74, 6) is 0.280. The van der Waals surface area contributed by atoms with E-state index in [1.807, 2.05) is 6.07 Å². The summed E-state index contributed by atoms with van der Waals surface area (Å²) in [6.45, 7) is 0. The molecule has 1 amide bonds. The standard InChI is InChI=1S/C17H24N2O2/c1-19-14-5-3-6-15(19)11-13(10-14)18-17(21)9-12-4-2-7-16(20)8-12/h2,4,7-8,13-15,20H,3,5-6,9-11H2,1H3,(H,18,21). The Morgan fingerprint density at radius 1 is 1.33 bits per heavy atom. The van der Waals surface area contributed by atoms with Gasteiger partial charge in [0.1, 0.15) is 5.75 Å². The third-order valence-corrected chi connectivity index (χ3v) is 4.98. The minimum atomic E-state index is 0.0632. The molecular formula is C17H24N2O2. The molecule has 2 aliphatic rings. The van der Waals surface area contributed by atoms with Gasteiger partial charge < -0.3 is 15.3 Å². The second-order valence-corrected chi connectivity index (χ2v) is 6.49. The van der Waals surface area contributed by atoms with E-state index in [9.17, 15) is 9.90 Å². The van der Waals surface area contributed by atoms with Crippen LogP contribution in [-0.4, -0.2) is 41.1 Å². The summed E-state index contributed by atoms with van der Waals surface area (Å²) in [7, 11) is 2.22. The van der Waals surface area contributed by atoms with Crippen molar-refractivity contribution in [1.82, 2.24) is 10.2 Å². The number of hydrogen-bond donors (Lipinski definition) is 2. The molecule has 2 atom stereocenters. The minimum Gasteiger partial charge on any atom is -0.508 e. The largest absolute Gasteiger partial charge is 0.508 e. The van der Waals surface area contributed by atoms with Gasteiger partial charge in [-0.2, -0.15) is 0 Å². The Labute approximate surface area is 126 Å². The highest BCUT2D eigenvalue weighted by Gasteiger charge is 2.36. The molecule has 2 N–H and O–H groups in total. The normalized spacial score (nSPS) is 29.1. The van der Waals surface area contributed by atoms with Gasteiger partial charge in [0.05, 0.1) is 6.42 Å². The van der Waals surface area contributed by atoms with Crippen molar-refractivity contribution in [2.24, 2.45) is 0 Å². The average molecular weight is 288 g/mol. The molecule has 2 bridgehead atoms. The van der Waals surface area contributed by atoms with E-state index in [-0.39, 0.29) is 11.7 Å². The lowest BCUT2D eigenvalue weighted by Gasteiger charge is -2.47. The van der Waals surface area contributed by atoms with Crippen molar-refractivity contribution in [3.8, 4) is 5.75 Å². The predicted molar refractivity (Wildman–Crippen MR) is 82.2 cm³/mol. The zero-order valence-corrected chi connectivity index (χ0v) is 12.6. The molecule has 0 radical (unpaired) electrons. The first kappa shape index (κ1) is 14.4. The number of aromatic hydroxyl groups is 1. The monoisotopic (exact) mass is 288 g/mol. The molecule has 1 aromatic carbocycles. The van der Waals surface area contributed by atoms with E-state index in [1.165, 1.54) is 19.3 Å². The quantitative estimate of drug-likeness (QED) is 0.895. The van der Waals surface area contributed by atoms with Gasteiger partial charge in [-0.3, -0.25) is 4.79 Å². The van der Waals surface area contributed by atoms with Gasteiger partial charge in [0.15, 0.2) is 0 Å². The van der Waals surface area contributed by atoms with Crippen molar-refractivity contribution in [3.63, 3.8) is 0 Å². The molecule has 2 heterocycles. The van der Waals surface area contributed by atoms with E-state index in [1.54, 1.807) is 18.2 Å². The first-order valence-electron chi connectivity index (χ1n) is 7.91. The minimum absolute atomic E-state index is 0.0632. The highest BCUT2D eigenvalue weighted by molar-refractivity contribution is 5.79. The van der Waals surface area contributed by atoms with Crippen LogP contribution in [0.15, 0.2) is 24.3 Å². The SMILES string of the molecule is CN1C2CCCC1CC(NC(=O)Cc1cccc(O)c1)C2. The predicted octanol–water partition coefficient (Wildman–Crippen LogP) is 2.07. The highest BCUT2D eigenvalue weighted by Crippen LogP contribution is 2.32. The van der Waals surface area contributed by atoms with Crippen LogP contribution in [-0.2, 0) is 11.2 Å². The molecule has 0 aromatic heterocycles. The Balaban J connectivity index is 1.56. The second kappa shape index (κ2) is 6.06. The smallest absolute Gasteiger partial charge is 0.224 e. The maximum atomic E-state index is 12.2. The first-order valence-corrected chi connectivity index (χ1v) is 7.91. The number of phenolic OH excluding ortho intramolecular Hbond substituents is 1. The van der Waals surface area contributed by atoms with Crippen LogP contribution < -0.4 is 5.32 Å². The van der Waals surface area contributed by atoms with Crippen molar-refractivity contribution in [3.05, 3.63) is 29.8 Å². The van der Waals surface area contributed by atoms with Crippen molar-refractivity contribution >= 4 is 5.91 Å². The van der Waals surface area contributed by atoms with E-state index in [0.29, 0.717) is 24.5 Å². The van der Waals surface area contributed by atoms with E-state index in [2.05, 4.69) is 17.3 Å². The summed E-state index contributed by atoms with van der Waals surface area (Å²) in [5, 5.41) is 12.6. The summed E-state index contributed by atoms with van der Waals surface area (Å²) in [4.78, 5) is 14.7. The lowest BCUT2D eigenvalue weighted by atomic mass is 9.82. The molecular weight excluding hydrogens is 264 g/mol. The zero-order chi connectivity index (χ0) is 14.8. The molecule has 4 nitrogen and oxygen atoms in total. The number of hydrogen-bond acceptors (Lipinski definition) is 3. The average Bonchev–Trinajstić information content (AvgIpc) is 2.40. The lowest BCUT2D eigenvalue weighted by molar-refractivity contribution is -0.121. The molecule has 2 aliphatic heterocycles. The number of amides is 1. The third kappa shape index (κ3) is 3.38. The van der Waals surface area contributed by atoms with Gasteiger partial charge in [0.2, 0.25) is 5.91 Å². The van der Waals surface area contributed by atoms with Crippen LogP contribution in [0.2, 0.25) is 0 Å². The molecule has 2 unspecified atom stereocenters. The topological polar surface area (TPSA) is 52.6 Å². The Hall–Kier alpha value is -1.55. The molecule has 0 spiro atoms. The molecule has 2 saturated heterocycles. The Kier molecular flexibility index (Phi) is 4.15. The molecule has 114 valence electrons. The van der Waals surface area contributed by atoms with Crippen LogP contribution in [0, 0.1) is 0 Å². The Morgan fingerprint density at radius 2 is 2.05 bits per heavy atom. The molecule has 21 heavy (non-hydrogen) atoms. The Bertz CT molecular complexity index is 503. The highest BCUT2D eigenvalue weighted by atomic mass is 16.3. The summed E-state index contributed by atoms with van der Waals surface area (Å²) in [6, 6.07) is 8.50. The van der Waals surface area contributed by atoms with Crippen LogP contribution in [0.3, 0.4) is 0 Å². The van der Waals surface area contributed by atoms with E-state index in [4.69, 9.17) is 0 Å². The summed E-state index contributed by atoms with van der Waals surface area (Å²) >= 11 is 0. The summed E-state index contributed by atoms with van der Waals surface area (Å²) in [6.07, 6.45) is 6.31. The molecule has 3 rings (SSSR count). The number of phenols is 1. The van der Waals surface area contributed by atoms with E-state index >= 15 is 0 Å². The number of piperidine rings is 2. The van der Waals surface area contributed by atoms with Gasteiger partial charge >= 0.3 is 0 Å². The van der Waals surface area contributed by atoms with Crippen LogP contribution in [0.1, 0.15) is 37.7 Å². The number of fused-ring (bicyclic) bond motifs is 2. The number of benzene rings is 1. The number of carbonyl (C=O) groups is 1. The maximum absolute atomic E-state index is 12.2. The second-order valence-electron chi connectivity index (χ2n) is 6.49. The van der Waals surface area contributed by atoms with Crippen LogP contribution >= 0.6 is 0 Å². The summed E-state index contributed by atoms with van der Waals surface area (Å²) < 4.78 is 0. The molecule has 2 fully saturated rings.